The van der Waals surface area contributed by atoms with Crippen LogP contribution in [0.3, 0.4) is 0 Å². The van der Waals surface area contributed by atoms with E-state index in [9.17, 15) is 22.0 Å². The van der Waals surface area contributed by atoms with Crippen molar-refractivity contribution in [1.29, 1.82) is 0 Å². The number of rotatable bonds is 6. The quantitative estimate of drug-likeness (QED) is 0.411. The van der Waals surface area contributed by atoms with E-state index in [-0.39, 0.29) is 30.8 Å². The lowest BCUT2D eigenvalue weighted by atomic mass is 10.2. The zero-order valence-electron chi connectivity index (χ0n) is 15.3. The van der Waals surface area contributed by atoms with Gasteiger partial charge in [0.05, 0.1) is 4.90 Å². The molecule has 0 aliphatic heterocycles. The molecule has 0 atom stereocenters. The van der Waals surface area contributed by atoms with Crippen molar-refractivity contribution >= 4 is 55.2 Å². The summed E-state index contributed by atoms with van der Waals surface area (Å²) in [6, 6.07) is 7.59. The summed E-state index contributed by atoms with van der Waals surface area (Å²) in [7, 11) is -3.86. The minimum Gasteiger partial charge on any atom is -0.338 e. The van der Waals surface area contributed by atoms with Crippen LogP contribution in [0.2, 0.25) is 4.34 Å². The van der Waals surface area contributed by atoms with E-state index in [0.717, 1.165) is 34.8 Å². The molecule has 0 aliphatic rings. The van der Waals surface area contributed by atoms with Gasteiger partial charge in [0, 0.05) is 12.7 Å². The molecule has 6 nitrogen and oxygen atoms in total. The van der Waals surface area contributed by atoms with E-state index in [4.69, 9.17) is 11.6 Å². The summed E-state index contributed by atoms with van der Waals surface area (Å²) >= 11 is 7.81. The Morgan fingerprint density at radius 1 is 1.23 bits per heavy atom. The average molecular weight is 499 g/mol. The lowest BCUT2D eigenvalue weighted by Gasteiger charge is -2.09. The minimum atomic E-state index is -3.86. The first-order valence-electron chi connectivity index (χ1n) is 8.52. The Bertz CT molecular complexity index is 1370. The van der Waals surface area contributed by atoms with E-state index in [0.29, 0.717) is 5.56 Å². The second-order valence-corrected chi connectivity index (χ2v) is 11.0. The summed E-state index contributed by atoms with van der Waals surface area (Å²) in [5.41, 5.74) is 0.334. The maximum Gasteiger partial charge on any atom is 0.274 e. The highest BCUT2D eigenvalue weighted by molar-refractivity contribution is 7.93. The topological polar surface area (TPSA) is 81.1 Å². The molecule has 12 heteroatoms. The van der Waals surface area contributed by atoms with E-state index >= 15 is 0 Å². The van der Waals surface area contributed by atoms with Gasteiger partial charge in [0.2, 0.25) is 9.84 Å². The smallest absolute Gasteiger partial charge is 0.274 e. The predicted molar refractivity (Wildman–Crippen MR) is 114 cm³/mol. The number of sulfone groups is 1. The minimum absolute atomic E-state index is 0.00816. The van der Waals surface area contributed by atoms with E-state index < -0.39 is 27.4 Å². The molecule has 4 aromatic rings. The number of carbonyl (C=O) groups is 1. The van der Waals surface area contributed by atoms with Crippen molar-refractivity contribution in [3.8, 4) is 0 Å². The van der Waals surface area contributed by atoms with Crippen LogP contribution in [0.25, 0.3) is 0 Å². The first-order chi connectivity index (χ1) is 14.7. The lowest BCUT2D eigenvalue weighted by Crippen LogP contribution is -2.17. The molecule has 0 unspecified atom stereocenters. The van der Waals surface area contributed by atoms with Crippen molar-refractivity contribution < 1.29 is 22.0 Å². The SMILES string of the molecule is O=C(Nc1n[c]c(Cl)s1)c1cc(S(=O)(=O)c2cccs2)cn1Cc1ccc(F)c(F)c1. The molecule has 1 N–H and O–H groups in total. The van der Waals surface area contributed by atoms with Gasteiger partial charge in [-0.05, 0) is 35.2 Å². The summed E-state index contributed by atoms with van der Waals surface area (Å²) in [4.78, 5) is 16.6. The highest BCUT2D eigenvalue weighted by atomic mass is 35.5. The highest BCUT2D eigenvalue weighted by Crippen LogP contribution is 2.28. The van der Waals surface area contributed by atoms with Gasteiger partial charge in [-0.15, -0.1) is 11.3 Å². The number of aromatic nitrogens is 2. The molecule has 3 aromatic heterocycles. The Morgan fingerprint density at radius 2 is 2.03 bits per heavy atom. The number of amides is 1. The van der Waals surface area contributed by atoms with Crippen LogP contribution in [0.4, 0.5) is 13.9 Å². The number of hydrogen-bond donors (Lipinski definition) is 1. The maximum atomic E-state index is 13.6. The molecule has 159 valence electrons. The Hall–Kier alpha value is -2.60. The molecular weight excluding hydrogens is 488 g/mol. The number of thiophene rings is 1. The van der Waals surface area contributed by atoms with Crippen LogP contribution in [0.15, 0.2) is 57.1 Å². The second kappa shape index (κ2) is 8.50. The number of nitrogens with zero attached hydrogens (tertiary/aromatic N) is 2. The molecule has 0 aliphatic carbocycles. The van der Waals surface area contributed by atoms with Crippen molar-refractivity contribution in [3.63, 3.8) is 0 Å². The number of carbonyl (C=O) groups excluding carboxylic acids is 1. The number of halogens is 3. The van der Waals surface area contributed by atoms with Gasteiger partial charge in [0.25, 0.3) is 5.91 Å². The largest absolute Gasteiger partial charge is 0.338 e. The second-order valence-electron chi connectivity index (χ2n) is 6.23. The zero-order valence-corrected chi connectivity index (χ0v) is 18.5. The number of hydrogen-bond acceptors (Lipinski definition) is 6. The Labute approximate surface area is 188 Å². The summed E-state index contributed by atoms with van der Waals surface area (Å²) in [6.45, 7) is -0.0648. The first kappa shape index (κ1) is 21.6. The third-order valence-corrected chi connectivity index (χ3v) is 8.25. The Kier molecular flexibility index (Phi) is 5.93. The van der Waals surface area contributed by atoms with Crippen molar-refractivity contribution in [2.45, 2.75) is 15.6 Å². The van der Waals surface area contributed by atoms with Gasteiger partial charge >= 0.3 is 0 Å². The van der Waals surface area contributed by atoms with Crippen molar-refractivity contribution in [3.05, 3.63) is 81.4 Å². The monoisotopic (exact) mass is 498 g/mol. The van der Waals surface area contributed by atoms with E-state index in [2.05, 4.69) is 16.5 Å². The number of thiazole rings is 1. The summed E-state index contributed by atoms with van der Waals surface area (Å²) in [5.74, 6) is -2.70. The van der Waals surface area contributed by atoms with Crippen LogP contribution < -0.4 is 5.32 Å². The molecule has 1 aromatic carbocycles. The van der Waals surface area contributed by atoms with Gasteiger partial charge < -0.3 is 4.57 Å². The van der Waals surface area contributed by atoms with Crippen molar-refractivity contribution in [1.82, 2.24) is 9.55 Å². The molecular formula is C19H11ClF2N3O3S3. The van der Waals surface area contributed by atoms with Crippen LogP contribution in [0.1, 0.15) is 16.1 Å². The zero-order chi connectivity index (χ0) is 22.2. The third-order valence-electron chi connectivity index (χ3n) is 4.16. The third kappa shape index (κ3) is 4.54. The lowest BCUT2D eigenvalue weighted by molar-refractivity contribution is 0.101. The molecule has 0 fully saturated rings. The van der Waals surface area contributed by atoms with Crippen LogP contribution in [-0.4, -0.2) is 23.9 Å². The molecule has 0 bridgehead atoms. The molecule has 1 amide bonds. The first-order valence-corrected chi connectivity index (χ1v) is 12.1. The number of anilines is 1. The van der Waals surface area contributed by atoms with Gasteiger partial charge in [-0.1, -0.05) is 35.1 Å². The van der Waals surface area contributed by atoms with Crippen LogP contribution in [0, 0.1) is 17.8 Å². The van der Waals surface area contributed by atoms with Crippen LogP contribution in [-0.2, 0) is 16.4 Å². The van der Waals surface area contributed by atoms with Crippen molar-refractivity contribution in [2.24, 2.45) is 0 Å². The summed E-state index contributed by atoms with van der Waals surface area (Å²) in [6.07, 6.45) is 3.76. The maximum absolute atomic E-state index is 13.6. The molecule has 31 heavy (non-hydrogen) atoms. The average Bonchev–Trinajstić information content (AvgIpc) is 3.46. The number of benzene rings is 1. The summed E-state index contributed by atoms with van der Waals surface area (Å²) < 4.78 is 54.4. The van der Waals surface area contributed by atoms with Crippen LogP contribution in [0.5, 0.6) is 0 Å². The molecule has 3 heterocycles. The van der Waals surface area contributed by atoms with Gasteiger partial charge in [-0.25, -0.2) is 22.2 Å². The highest BCUT2D eigenvalue weighted by Gasteiger charge is 2.25. The van der Waals surface area contributed by atoms with E-state index in [1.165, 1.54) is 29.0 Å². The fraction of sp³-hybridized carbons (Fsp3) is 0.0526. The molecule has 0 saturated heterocycles. The molecule has 4 rings (SSSR count). The molecule has 0 saturated carbocycles. The van der Waals surface area contributed by atoms with E-state index in [1.807, 2.05) is 0 Å². The fourth-order valence-electron chi connectivity index (χ4n) is 2.76. The number of nitrogens with one attached hydrogen (secondary N) is 1. The van der Waals surface area contributed by atoms with Gasteiger partial charge in [0.1, 0.15) is 20.4 Å². The van der Waals surface area contributed by atoms with Gasteiger partial charge in [-0.2, -0.15) is 0 Å². The van der Waals surface area contributed by atoms with Crippen LogP contribution >= 0.6 is 34.3 Å². The van der Waals surface area contributed by atoms with Gasteiger partial charge in [0.15, 0.2) is 16.8 Å². The van der Waals surface area contributed by atoms with Crippen molar-refractivity contribution in [2.75, 3.05) is 5.32 Å². The standard InChI is InChI=1S/C19H11ClF2N3O3S3/c20-16-8-23-19(30-16)24-18(26)15-7-12(31(27,28)17-2-1-5-29-17)10-25(15)9-11-3-4-13(21)14(22)6-11/h1-7,10H,9H2,(H,23,24,26). The molecule has 0 spiro atoms. The Balaban J connectivity index is 1.74. The predicted octanol–water partition coefficient (Wildman–Crippen LogP) is 4.87. The van der Waals surface area contributed by atoms with Gasteiger partial charge in [-0.3, -0.25) is 10.1 Å². The summed E-state index contributed by atoms with van der Waals surface area (Å²) in [5, 5.41) is 4.34. The van der Waals surface area contributed by atoms with E-state index in [1.54, 1.807) is 11.4 Å². The normalized spacial score (nSPS) is 11.6. The Morgan fingerprint density at radius 3 is 2.68 bits per heavy atom. The fourth-order valence-corrected chi connectivity index (χ4v) is 5.95. The molecule has 1 radical (unpaired) electrons.